The minimum atomic E-state index is -2.97. The molecule has 0 aliphatic carbocycles. The molecule has 2 aromatic rings. The number of aromatic nitrogens is 2. The maximum absolute atomic E-state index is 14.9. The molecule has 2 atom stereocenters. The number of nitrogens with two attached hydrogens (primary N) is 1. The van der Waals surface area contributed by atoms with Crippen LogP contribution >= 0.6 is 0 Å². The molecule has 1 unspecified atom stereocenters. The van der Waals surface area contributed by atoms with Crippen LogP contribution in [-0.4, -0.2) is 59.9 Å². The number of anilines is 1. The summed E-state index contributed by atoms with van der Waals surface area (Å²) >= 11 is 0. The van der Waals surface area contributed by atoms with Crippen molar-refractivity contribution < 1.29 is 13.6 Å². The summed E-state index contributed by atoms with van der Waals surface area (Å²) in [5.41, 5.74) is 7.39. The summed E-state index contributed by atoms with van der Waals surface area (Å²) < 4.78 is 29.8. The Kier molecular flexibility index (Phi) is 5.75. The number of hydrogen-bond donors (Lipinski definition) is 1. The van der Waals surface area contributed by atoms with Crippen LogP contribution in [0.2, 0.25) is 0 Å². The zero-order valence-electron chi connectivity index (χ0n) is 17.5. The first-order chi connectivity index (χ1) is 14.8. The van der Waals surface area contributed by atoms with Gasteiger partial charge < -0.3 is 15.5 Å². The number of fused-ring (bicyclic) bond motifs is 1. The number of carbonyl (C=O) groups excluding carboxylic acids is 1. The third-order valence-corrected chi connectivity index (χ3v) is 6.61. The van der Waals surface area contributed by atoms with Crippen LogP contribution < -0.4 is 10.6 Å². The lowest BCUT2D eigenvalue weighted by Crippen LogP contribution is -2.53. The van der Waals surface area contributed by atoms with Crippen LogP contribution in [0.25, 0.3) is 11.0 Å². The fraction of sp³-hybridized carbons (Fsp3) is 0.545. The van der Waals surface area contributed by atoms with E-state index in [9.17, 15) is 18.8 Å². The number of nitrogens with zero attached hydrogens (tertiary/aromatic N) is 5. The standard InChI is InChI=1S/C22H26F2N6O/c1-29-8-4-14(5-9-29)18(21(26)31)16-10-22(23,24)13-30(12-16)17-3-2-15(11-25)19-20(17)28-7-6-27-19/h2-3,6-7,14,16,18H,4-5,8-10,12-13H2,1H3,(H2,26,31)/t16-,18?/m1/s1. The van der Waals surface area contributed by atoms with Crippen LogP contribution in [0, 0.1) is 29.1 Å². The van der Waals surface area contributed by atoms with Gasteiger partial charge >= 0.3 is 0 Å². The van der Waals surface area contributed by atoms with Gasteiger partial charge in [0.15, 0.2) is 0 Å². The molecular formula is C22H26F2N6O. The minimum Gasteiger partial charge on any atom is -0.369 e. The van der Waals surface area contributed by atoms with Crippen LogP contribution in [0.4, 0.5) is 14.5 Å². The van der Waals surface area contributed by atoms with Crippen molar-refractivity contribution in [2.75, 3.05) is 38.1 Å². The zero-order valence-corrected chi connectivity index (χ0v) is 17.5. The highest BCUT2D eigenvalue weighted by Crippen LogP contribution is 2.41. The van der Waals surface area contributed by atoms with Crippen LogP contribution in [0.3, 0.4) is 0 Å². The summed E-state index contributed by atoms with van der Waals surface area (Å²) in [6, 6.07) is 5.29. The van der Waals surface area contributed by atoms with E-state index in [1.807, 2.05) is 7.05 Å². The second-order valence-corrected chi connectivity index (χ2v) is 8.77. The first-order valence-corrected chi connectivity index (χ1v) is 10.5. The highest BCUT2D eigenvalue weighted by Gasteiger charge is 2.47. The summed E-state index contributed by atoms with van der Waals surface area (Å²) in [5.74, 6) is -4.62. The molecular weight excluding hydrogens is 402 g/mol. The Bertz CT molecular complexity index is 1010. The number of primary amides is 1. The highest BCUT2D eigenvalue weighted by molar-refractivity contribution is 5.92. The molecule has 0 bridgehead atoms. The van der Waals surface area contributed by atoms with E-state index >= 15 is 0 Å². The van der Waals surface area contributed by atoms with Gasteiger partial charge in [0, 0.05) is 31.3 Å². The monoisotopic (exact) mass is 428 g/mol. The predicted molar refractivity (Wildman–Crippen MR) is 112 cm³/mol. The van der Waals surface area contributed by atoms with E-state index in [2.05, 4.69) is 20.9 Å². The van der Waals surface area contributed by atoms with Crippen molar-refractivity contribution in [3.63, 3.8) is 0 Å². The van der Waals surface area contributed by atoms with Crippen LogP contribution in [0.1, 0.15) is 24.8 Å². The molecule has 0 spiro atoms. The molecule has 2 N–H and O–H groups in total. The van der Waals surface area contributed by atoms with Gasteiger partial charge in [0.1, 0.15) is 17.1 Å². The third kappa shape index (κ3) is 4.30. The molecule has 164 valence electrons. The van der Waals surface area contributed by atoms with Gasteiger partial charge in [0.25, 0.3) is 5.92 Å². The summed E-state index contributed by atoms with van der Waals surface area (Å²) in [5, 5.41) is 9.35. The molecule has 7 nitrogen and oxygen atoms in total. The first-order valence-electron chi connectivity index (χ1n) is 10.5. The number of amides is 1. The minimum absolute atomic E-state index is 0.00644. The summed E-state index contributed by atoms with van der Waals surface area (Å²) in [6.07, 6.45) is 4.15. The van der Waals surface area contributed by atoms with Crippen LogP contribution in [-0.2, 0) is 4.79 Å². The van der Waals surface area contributed by atoms with E-state index in [-0.39, 0.29) is 18.9 Å². The second kappa shape index (κ2) is 8.35. The number of alkyl halides is 2. The van der Waals surface area contributed by atoms with Crippen LogP contribution in [0.5, 0.6) is 0 Å². The molecule has 4 rings (SSSR count). The average Bonchev–Trinajstić information content (AvgIpc) is 2.73. The van der Waals surface area contributed by atoms with Crippen molar-refractivity contribution in [3.05, 3.63) is 30.1 Å². The van der Waals surface area contributed by atoms with Crippen molar-refractivity contribution >= 4 is 22.6 Å². The van der Waals surface area contributed by atoms with Crippen molar-refractivity contribution in [2.24, 2.45) is 23.5 Å². The maximum Gasteiger partial charge on any atom is 0.265 e. The SMILES string of the molecule is CN1CCC(C(C(N)=O)[C@H]2CN(c3ccc(C#N)c4nccnc34)CC(F)(F)C2)CC1. The predicted octanol–water partition coefficient (Wildman–Crippen LogP) is 2.41. The first kappa shape index (κ1) is 21.4. The molecule has 0 radical (unpaired) electrons. The lowest BCUT2D eigenvalue weighted by atomic mass is 9.72. The third-order valence-electron chi connectivity index (χ3n) is 6.61. The second-order valence-electron chi connectivity index (χ2n) is 8.77. The summed E-state index contributed by atoms with van der Waals surface area (Å²) in [4.78, 5) is 24.7. The number of benzene rings is 1. The largest absolute Gasteiger partial charge is 0.369 e. The van der Waals surface area contributed by atoms with E-state index in [4.69, 9.17) is 5.73 Å². The van der Waals surface area contributed by atoms with Gasteiger partial charge in [-0.15, -0.1) is 0 Å². The van der Waals surface area contributed by atoms with Gasteiger partial charge in [-0.3, -0.25) is 14.8 Å². The van der Waals surface area contributed by atoms with E-state index in [1.165, 1.54) is 12.4 Å². The van der Waals surface area contributed by atoms with E-state index in [1.54, 1.807) is 17.0 Å². The topological polar surface area (TPSA) is 99.1 Å². The quantitative estimate of drug-likeness (QED) is 0.803. The van der Waals surface area contributed by atoms with Gasteiger partial charge in [-0.05, 0) is 56.9 Å². The Morgan fingerprint density at radius 3 is 2.55 bits per heavy atom. The van der Waals surface area contributed by atoms with Gasteiger partial charge in [0.2, 0.25) is 5.91 Å². The fourth-order valence-corrected chi connectivity index (χ4v) is 5.19. The van der Waals surface area contributed by atoms with Crippen LogP contribution in [0.15, 0.2) is 24.5 Å². The Hall–Kier alpha value is -2.86. The molecule has 2 fully saturated rings. The van der Waals surface area contributed by atoms with Crippen molar-refractivity contribution in [3.8, 4) is 6.07 Å². The molecule has 9 heteroatoms. The Labute approximate surface area is 179 Å². The normalized spacial score (nSPS) is 23.4. The molecule has 1 aromatic heterocycles. The lowest BCUT2D eigenvalue weighted by molar-refractivity contribution is -0.128. The van der Waals surface area contributed by atoms with Gasteiger partial charge in [-0.2, -0.15) is 5.26 Å². The Balaban J connectivity index is 1.69. The average molecular weight is 428 g/mol. The lowest BCUT2D eigenvalue weighted by Gasteiger charge is -2.44. The maximum atomic E-state index is 14.9. The van der Waals surface area contributed by atoms with Gasteiger partial charge in [-0.25, -0.2) is 8.78 Å². The van der Waals surface area contributed by atoms with E-state index < -0.39 is 30.2 Å². The van der Waals surface area contributed by atoms with Gasteiger partial charge in [0.05, 0.1) is 17.8 Å². The molecule has 31 heavy (non-hydrogen) atoms. The molecule has 1 aromatic carbocycles. The number of nitriles is 1. The fourth-order valence-electron chi connectivity index (χ4n) is 5.19. The molecule has 2 aliphatic heterocycles. The van der Waals surface area contributed by atoms with E-state index in [0.29, 0.717) is 22.3 Å². The summed E-state index contributed by atoms with van der Waals surface area (Å²) in [7, 11) is 2.02. The molecule has 0 saturated carbocycles. The number of halogens is 2. The number of carbonyl (C=O) groups is 1. The van der Waals surface area contributed by atoms with Gasteiger partial charge in [-0.1, -0.05) is 0 Å². The highest BCUT2D eigenvalue weighted by atomic mass is 19.3. The van der Waals surface area contributed by atoms with Crippen molar-refractivity contribution in [1.29, 1.82) is 5.26 Å². The molecule has 1 amide bonds. The number of piperidine rings is 2. The molecule has 3 heterocycles. The number of hydrogen-bond acceptors (Lipinski definition) is 6. The van der Waals surface area contributed by atoms with Crippen molar-refractivity contribution in [1.82, 2.24) is 14.9 Å². The number of rotatable bonds is 4. The van der Waals surface area contributed by atoms with E-state index in [0.717, 1.165) is 25.9 Å². The Morgan fingerprint density at radius 1 is 1.23 bits per heavy atom. The summed E-state index contributed by atoms with van der Waals surface area (Å²) in [6.45, 7) is 1.47. The molecule has 2 aliphatic rings. The smallest absolute Gasteiger partial charge is 0.265 e. The van der Waals surface area contributed by atoms with Crippen molar-refractivity contribution in [2.45, 2.75) is 25.2 Å². The molecule has 2 saturated heterocycles. The Morgan fingerprint density at radius 2 is 1.90 bits per heavy atom. The zero-order chi connectivity index (χ0) is 22.2. The number of likely N-dealkylation sites (tertiary alicyclic amines) is 1.